The molecule has 0 bridgehead atoms. The van der Waals surface area contributed by atoms with Gasteiger partial charge in [-0.1, -0.05) is 0 Å². The molecule has 14 heavy (non-hydrogen) atoms. The molecule has 0 radical (unpaired) electrons. The van der Waals surface area contributed by atoms with E-state index in [4.69, 9.17) is 5.26 Å². The lowest BCUT2D eigenvalue weighted by molar-refractivity contribution is -0.123. The van der Waals surface area contributed by atoms with E-state index in [9.17, 15) is 13.6 Å². The van der Waals surface area contributed by atoms with Crippen LogP contribution in [0.3, 0.4) is 0 Å². The summed E-state index contributed by atoms with van der Waals surface area (Å²) < 4.78 is 27.6. The maximum Gasteiger partial charge on any atom is 0.261 e. The van der Waals surface area contributed by atoms with Crippen molar-refractivity contribution in [2.75, 3.05) is 19.8 Å². The molecule has 0 aromatic rings. The highest BCUT2D eigenvalue weighted by molar-refractivity contribution is 5.80. The molecule has 0 aromatic heterocycles. The lowest BCUT2D eigenvalue weighted by Crippen LogP contribution is -2.31. The third kappa shape index (κ3) is 6.31. The number of ether oxygens (including phenoxy) is 1. The van der Waals surface area contributed by atoms with Crippen LogP contribution < -0.4 is 5.32 Å². The predicted octanol–water partition coefficient (Wildman–Crippen LogP) is 0.544. The van der Waals surface area contributed by atoms with Crippen molar-refractivity contribution in [1.82, 2.24) is 5.32 Å². The number of halogens is 2. The summed E-state index contributed by atoms with van der Waals surface area (Å²) in [4.78, 5) is 10.9. The second kappa shape index (κ2) is 7.21. The normalized spacial score (nSPS) is 12.2. The molecule has 0 aliphatic heterocycles. The standard InChI is InChI=1S/C8H12F2N2O2/c1-6(4-11)8(13)12-2-3-14-5-7(9)10/h6-7H,2-3,5H2,1H3,(H,12,13). The third-order valence-electron chi connectivity index (χ3n) is 1.38. The van der Waals surface area contributed by atoms with Gasteiger partial charge in [0.2, 0.25) is 5.91 Å². The van der Waals surface area contributed by atoms with Crippen LogP contribution in [-0.4, -0.2) is 32.1 Å². The zero-order valence-corrected chi connectivity index (χ0v) is 7.80. The van der Waals surface area contributed by atoms with Crippen LogP contribution in [0.15, 0.2) is 0 Å². The minimum atomic E-state index is -2.50. The van der Waals surface area contributed by atoms with E-state index in [1.807, 2.05) is 0 Å². The molecule has 0 heterocycles. The number of nitriles is 1. The number of carbonyl (C=O) groups is 1. The van der Waals surface area contributed by atoms with Gasteiger partial charge in [-0.25, -0.2) is 8.78 Å². The van der Waals surface area contributed by atoms with Crippen LogP contribution in [0, 0.1) is 17.2 Å². The molecule has 1 amide bonds. The highest BCUT2D eigenvalue weighted by Crippen LogP contribution is 1.92. The minimum absolute atomic E-state index is 0.0221. The number of nitrogens with one attached hydrogen (secondary N) is 1. The van der Waals surface area contributed by atoms with Crippen LogP contribution in [0.1, 0.15) is 6.92 Å². The molecule has 0 rings (SSSR count). The highest BCUT2D eigenvalue weighted by Gasteiger charge is 2.10. The van der Waals surface area contributed by atoms with Crippen LogP contribution in [0.4, 0.5) is 8.78 Å². The van der Waals surface area contributed by atoms with E-state index in [2.05, 4.69) is 10.1 Å². The summed E-state index contributed by atoms with van der Waals surface area (Å²) in [6.07, 6.45) is -2.50. The molecule has 80 valence electrons. The Kier molecular flexibility index (Phi) is 6.58. The van der Waals surface area contributed by atoms with Crippen molar-refractivity contribution in [2.45, 2.75) is 13.3 Å². The maximum atomic E-state index is 11.5. The van der Waals surface area contributed by atoms with Gasteiger partial charge in [-0.05, 0) is 6.92 Å². The Hall–Kier alpha value is -1.22. The first-order valence-corrected chi connectivity index (χ1v) is 4.11. The van der Waals surface area contributed by atoms with E-state index in [0.29, 0.717) is 0 Å². The second-order valence-electron chi connectivity index (χ2n) is 2.61. The topological polar surface area (TPSA) is 62.1 Å². The van der Waals surface area contributed by atoms with Gasteiger partial charge in [0.25, 0.3) is 6.43 Å². The summed E-state index contributed by atoms with van der Waals surface area (Å²) in [5.41, 5.74) is 0. The SMILES string of the molecule is CC(C#N)C(=O)NCCOCC(F)F. The first kappa shape index (κ1) is 12.8. The van der Waals surface area contributed by atoms with Crippen molar-refractivity contribution in [3.63, 3.8) is 0 Å². The molecule has 0 saturated carbocycles. The van der Waals surface area contributed by atoms with E-state index in [0.717, 1.165) is 0 Å². The Bertz CT molecular complexity index is 216. The van der Waals surface area contributed by atoms with Gasteiger partial charge in [0.1, 0.15) is 12.5 Å². The molecule has 0 aliphatic carbocycles. The predicted molar refractivity (Wildman–Crippen MR) is 44.6 cm³/mol. The second-order valence-corrected chi connectivity index (χ2v) is 2.61. The molecule has 6 heteroatoms. The first-order valence-electron chi connectivity index (χ1n) is 4.11. The first-order chi connectivity index (χ1) is 6.57. The van der Waals surface area contributed by atoms with Gasteiger partial charge < -0.3 is 10.1 Å². The molecule has 0 saturated heterocycles. The van der Waals surface area contributed by atoms with Crippen molar-refractivity contribution in [3.05, 3.63) is 0 Å². The Morgan fingerprint density at radius 1 is 1.64 bits per heavy atom. The quantitative estimate of drug-likeness (QED) is 0.645. The van der Waals surface area contributed by atoms with E-state index in [-0.39, 0.29) is 13.2 Å². The van der Waals surface area contributed by atoms with Crippen molar-refractivity contribution in [3.8, 4) is 6.07 Å². The fraction of sp³-hybridized carbons (Fsp3) is 0.750. The zero-order valence-electron chi connectivity index (χ0n) is 7.80. The Balaban J connectivity index is 3.37. The Morgan fingerprint density at radius 2 is 2.29 bits per heavy atom. The van der Waals surface area contributed by atoms with E-state index < -0.39 is 24.9 Å². The van der Waals surface area contributed by atoms with Crippen LogP contribution in [0.25, 0.3) is 0 Å². The maximum absolute atomic E-state index is 11.5. The summed E-state index contributed by atoms with van der Waals surface area (Å²) in [6, 6.07) is 1.75. The van der Waals surface area contributed by atoms with Crippen LogP contribution >= 0.6 is 0 Å². The van der Waals surface area contributed by atoms with Gasteiger partial charge >= 0.3 is 0 Å². The largest absolute Gasteiger partial charge is 0.374 e. The Labute approximate surface area is 80.8 Å². The zero-order chi connectivity index (χ0) is 11.0. The molecule has 4 nitrogen and oxygen atoms in total. The lowest BCUT2D eigenvalue weighted by Gasteiger charge is -2.06. The van der Waals surface area contributed by atoms with Gasteiger partial charge in [-0.15, -0.1) is 0 Å². The number of amides is 1. The summed E-state index contributed by atoms with van der Waals surface area (Å²) in [5, 5.41) is 10.7. The van der Waals surface area contributed by atoms with Crippen molar-refractivity contribution in [1.29, 1.82) is 5.26 Å². The molecule has 0 aromatic carbocycles. The van der Waals surface area contributed by atoms with E-state index >= 15 is 0 Å². The number of alkyl halides is 2. The van der Waals surface area contributed by atoms with Crippen LogP contribution in [0.5, 0.6) is 0 Å². The summed E-state index contributed by atoms with van der Waals surface area (Å²) >= 11 is 0. The van der Waals surface area contributed by atoms with Crippen molar-refractivity contribution in [2.24, 2.45) is 5.92 Å². The third-order valence-corrected chi connectivity index (χ3v) is 1.38. The van der Waals surface area contributed by atoms with Gasteiger partial charge in [-0.3, -0.25) is 4.79 Å². The van der Waals surface area contributed by atoms with Gasteiger partial charge in [0.05, 0.1) is 12.7 Å². The monoisotopic (exact) mass is 206 g/mol. The average molecular weight is 206 g/mol. The molecular formula is C8H12F2N2O2. The Morgan fingerprint density at radius 3 is 2.79 bits per heavy atom. The number of carbonyl (C=O) groups excluding carboxylic acids is 1. The van der Waals surface area contributed by atoms with Crippen molar-refractivity contribution >= 4 is 5.91 Å². The number of hydrogen-bond donors (Lipinski definition) is 1. The number of rotatable bonds is 6. The molecule has 1 atom stereocenters. The molecular weight excluding hydrogens is 194 g/mol. The number of hydrogen-bond acceptors (Lipinski definition) is 3. The molecule has 1 unspecified atom stereocenters. The van der Waals surface area contributed by atoms with Gasteiger partial charge in [0, 0.05) is 6.54 Å². The number of nitrogens with zero attached hydrogens (tertiary/aromatic N) is 1. The minimum Gasteiger partial charge on any atom is -0.374 e. The van der Waals surface area contributed by atoms with Crippen molar-refractivity contribution < 1.29 is 18.3 Å². The molecule has 0 spiro atoms. The fourth-order valence-corrected chi connectivity index (χ4v) is 0.631. The fourth-order valence-electron chi connectivity index (χ4n) is 0.631. The summed E-state index contributed by atoms with van der Waals surface area (Å²) in [7, 11) is 0. The molecule has 0 fully saturated rings. The van der Waals surface area contributed by atoms with Crippen LogP contribution in [0.2, 0.25) is 0 Å². The van der Waals surface area contributed by atoms with Gasteiger partial charge in [0.15, 0.2) is 0 Å². The van der Waals surface area contributed by atoms with E-state index in [1.54, 1.807) is 6.07 Å². The molecule has 0 aliphatic rings. The van der Waals surface area contributed by atoms with E-state index in [1.165, 1.54) is 6.92 Å². The lowest BCUT2D eigenvalue weighted by atomic mass is 10.2. The van der Waals surface area contributed by atoms with Gasteiger partial charge in [-0.2, -0.15) is 5.26 Å². The van der Waals surface area contributed by atoms with Crippen LogP contribution in [-0.2, 0) is 9.53 Å². The smallest absolute Gasteiger partial charge is 0.261 e. The summed E-state index contributed by atoms with van der Waals surface area (Å²) in [5.74, 6) is -1.15. The summed E-state index contributed by atoms with van der Waals surface area (Å²) in [6.45, 7) is 0.977. The highest BCUT2D eigenvalue weighted by atomic mass is 19.3. The molecule has 1 N–H and O–H groups in total. The average Bonchev–Trinajstić information content (AvgIpc) is 2.15.